The first-order valence-electron chi connectivity index (χ1n) is 11.3. The Balaban J connectivity index is 2.21. The lowest BCUT2D eigenvalue weighted by Gasteiger charge is -2.31. The fourth-order valence-electron chi connectivity index (χ4n) is 3.96. The Labute approximate surface area is 221 Å². The summed E-state index contributed by atoms with van der Waals surface area (Å²) >= 11 is 5.95. The maximum absolute atomic E-state index is 13.7. The maximum Gasteiger partial charge on any atom is 0.326 e. The molecule has 0 spiro atoms. The standard InChI is InChI=1S/C27H27ClN2O6S/c1-5-16-29(19(2)17-26(31)35-3)24-14-15-25(23-9-7-6-8-22(23)24)30(18-27(32)36-4)37(33,34)21-12-10-20(28)11-13-21/h1,6-15,19H,16-18H2,2-4H3/t19-/m0/s1. The monoisotopic (exact) mass is 542 g/mol. The van der Waals surface area contributed by atoms with Crippen LogP contribution in [0, 0.1) is 12.3 Å². The summed E-state index contributed by atoms with van der Waals surface area (Å²) in [7, 11) is -1.67. The predicted octanol–water partition coefficient (Wildman–Crippen LogP) is 4.25. The second-order valence-electron chi connectivity index (χ2n) is 8.15. The number of terminal acetylenes is 1. The molecule has 8 nitrogen and oxygen atoms in total. The van der Waals surface area contributed by atoms with Gasteiger partial charge in [-0.3, -0.25) is 13.9 Å². The average molecular weight is 543 g/mol. The van der Waals surface area contributed by atoms with Gasteiger partial charge in [-0.15, -0.1) is 6.42 Å². The average Bonchev–Trinajstić information content (AvgIpc) is 2.90. The second kappa shape index (κ2) is 12.0. The normalized spacial score (nSPS) is 11.9. The summed E-state index contributed by atoms with van der Waals surface area (Å²) in [5.41, 5.74) is 0.983. The zero-order chi connectivity index (χ0) is 27.2. The SMILES string of the molecule is C#CCN(c1ccc(N(CC(=O)OC)S(=O)(=O)c2ccc(Cl)cc2)c2ccccc12)[C@@H](C)CC(=O)OC. The minimum absolute atomic E-state index is 0.0328. The number of benzene rings is 3. The van der Waals surface area contributed by atoms with E-state index in [1.165, 1.54) is 38.5 Å². The highest BCUT2D eigenvalue weighted by Gasteiger charge is 2.30. The van der Waals surface area contributed by atoms with Crippen LogP contribution in [0.25, 0.3) is 10.8 Å². The number of carbonyl (C=O) groups is 2. The van der Waals surface area contributed by atoms with E-state index in [0.717, 1.165) is 4.31 Å². The molecule has 0 aromatic heterocycles. The van der Waals surface area contributed by atoms with Gasteiger partial charge in [-0.2, -0.15) is 0 Å². The quantitative estimate of drug-likeness (QED) is 0.279. The van der Waals surface area contributed by atoms with Crippen molar-refractivity contribution in [2.75, 3.05) is 36.5 Å². The highest BCUT2D eigenvalue weighted by Crippen LogP contribution is 2.37. The van der Waals surface area contributed by atoms with E-state index >= 15 is 0 Å². The molecule has 3 aromatic carbocycles. The number of halogens is 1. The van der Waals surface area contributed by atoms with Crippen molar-refractivity contribution in [3.05, 3.63) is 65.7 Å². The largest absolute Gasteiger partial charge is 0.469 e. The van der Waals surface area contributed by atoms with Crippen LogP contribution in [0.3, 0.4) is 0 Å². The van der Waals surface area contributed by atoms with Gasteiger partial charge >= 0.3 is 11.9 Å². The molecular formula is C27H27ClN2O6S. The van der Waals surface area contributed by atoms with Crippen molar-refractivity contribution < 1.29 is 27.5 Å². The minimum Gasteiger partial charge on any atom is -0.469 e. The lowest BCUT2D eigenvalue weighted by molar-refractivity contribution is -0.141. The summed E-state index contributed by atoms with van der Waals surface area (Å²) in [4.78, 5) is 26.1. The zero-order valence-corrected chi connectivity index (χ0v) is 22.3. The number of anilines is 2. The molecule has 0 saturated heterocycles. The Hall–Kier alpha value is -3.74. The van der Waals surface area contributed by atoms with Crippen LogP contribution in [0.1, 0.15) is 13.3 Å². The number of esters is 2. The maximum atomic E-state index is 13.7. The molecule has 0 radical (unpaired) electrons. The highest BCUT2D eigenvalue weighted by molar-refractivity contribution is 7.92. The molecule has 0 bridgehead atoms. The van der Waals surface area contributed by atoms with E-state index in [0.29, 0.717) is 21.5 Å². The van der Waals surface area contributed by atoms with Crippen LogP contribution in [0.4, 0.5) is 11.4 Å². The van der Waals surface area contributed by atoms with E-state index < -0.39 is 22.5 Å². The van der Waals surface area contributed by atoms with Gasteiger partial charge in [0.1, 0.15) is 6.54 Å². The van der Waals surface area contributed by atoms with Crippen LogP contribution >= 0.6 is 11.6 Å². The molecule has 37 heavy (non-hydrogen) atoms. The van der Waals surface area contributed by atoms with Gasteiger partial charge < -0.3 is 14.4 Å². The number of hydrogen-bond acceptors (Lipinski definition) is 7. The minimum atomic E-state index is -4.18. The van der Waals surface area contributed by atoms with Crippen LogP contribution in [0.15, 0.2) is 65.6 Å². The molecule has 0 heterocycles. The van der Waals surface area contributed by atoms with Crippen molar-refractivity contribution in [3.63, 3.8) is 0 Å². The number of hydrogen-bond donors (Lipinski definition) is 0. The number of ether oxygens (including phenoxy) is 2. The third-order valence-electron chi connectivity index (χ3n) is 5.84. The van der Waals surface area contributed by atoms with Gasteiger partial charge in [0.2, 0.25) is 0 Å². The second-order valence-corrected chi connectivity index (χ2v) is 10.5. The molecule has 1 atom stereocenters. The molecule has 0 amide bonds. The summed E-state index contributed by atoms with van der Waals surface area (Å²) in [5.74, 6) is 1.51. The highest BCUT2D eigenvalue weighted by atomic mass is 35.5. The molecule has 3 aromatic rings. The molecular weight excluding hydrogens is 516 g/mol. The molecule has 0 saturated carbocycles. The van der Waals surface area contributed by atoms with Crippen LogP contribution < -0.4 is 9.21 Å². The molecule has 0 fully saturated rings. The molecule has 194 valence electrons. The van der Waals surface area contributed by atoms with Gasteiger partial charge in [0, 0.05) is 27.5 Å². The van der Waals surface area contributed by atoms with E-state index in [9.17, 15) is 18.0 Å². The van der Waals surface area contributed by atoms with Gasteiger partial charge in [0.15, 0.2) is 0 Å². The van der Waals surface area contributed by atoms with Gasteiger partial charge in [-0.1, -0.05) is 41.8 Å². The summed E-state index contributed by atoms with van der Waals surface area (Å²) < 4.78 is 38.0. The van der Waals surface area contributed by atoms with Crippen LogP contribution in [-0.4, -0.2) is 53.7 Å². The number of sulfonamides is 1. The molecule has 10 heteroatoms. The van der Waals surface area contributed by atoms with Gasteiger partial charge in [0.05, 0.1) is 37.8 Å². The first-order valence-corrected chi connectivity index (χ1v) is 13.1. The predicted molar refractivity (Wildman–Crippen MR) is 144 cm³/mol. The lowest BCUT2D eigenvalue weighted by atomic mass is 10.0. The number of carbonyl (C=O) groups excluding carboxylic acids is 2. The van der Waals surface area contributed by atoms with E-state index in [4.69, 9.17) is 27.5 Å². The first-order chi connectivity index (χ1) is 17.6. The third kappa shape index (κ3) is 6.16. The van der Waals surface area contributed by atoms with Crippen molar-refractivity contribution in [1.82, 2.24) is 0 Å². The van der Waals surface area contributed by atoms with Gasteiger partial charge in [0.25, 0.3) is 10.0 Å². The van der Waals surface area contributed by atoms with E-state index in [1.807, 2.05) is 24.0 Å². The molecule has 3 rings (SSSR count). The zero-order valence-electron chi connectivity index (χ0n) is 20.7. The molecule has 0 aliphatic heterocycles. The summed E-state index contributed by atoms with van der Waals surface area (Å²) in [6.45, 7) is 1.51. The smallest absolute Gasteiger partial charge is 0.326 e. The number of nitrogens with zero attached hydrogens (tertiary/aromatic N) is 2. The fraction of sp³-hybridized carbons (Fsp3) is 0.259. The number of methoxy groups -OCH3 is 2. The van der Waals surface area contributed by atoms with Crippen molar-refractivity contribution in [2.45, 2.75) is 24.3 Å². The fourth-order valence-corrected chi connectivity index (χ4v) is 5.52. The molecule has 0 N–H and O–H groups in total. The van der Waals surface area contributed by atoms with Gasteiger partial charge in [-0.05, 0) is 43.3 Å². The van der Waals surface area contributed by atoms with Gasteiger partial charge in [-0.25, -0.2) is 8.42 Å². The topological polar surface area (TPSA) is 93.2 Å². The summed E-state index contributed by atoms with van der Waals surface area (Å²) in [5, 5.41) is 1.63. The Kier molecular flexibility index (Phi) is 9.03. The summed E-state index contributed by atoms with van der Waals surface area (Å²) in [6, 6.07) is 15.9. The third-order valence-corrected chi connectivity index (χ3v) is 7.87. The van der Waals surface area contributed by atoms with Crippen LogP contribution in [0.5, 0.6) is 0 Å². The van der Waals surface area contributed by atoms with Crippen LogP contribution in [0.2, 0.25) is 5.02 Å². The molecule has 0 unspecified atom stereocenters. The summed E-state index contributed by atoms with van der Waals surface area (Å²) in [6.07, 6.45) is 5.74. The van der Waals surface area contributed by atoms with Crippen LogP contribution in [-0.2, 0) is 29.1 Å². The van der Waals surface area contributed by atoms with Crippen molar-refractivity contribution in [1.29, 1.82) is 0 Å². The van der Waals surface area contributed by atoms with E-state index in [2.05, 4.69) is 5.92 Å². The first kappa shape index (κ1) is 27.8. The van der Waals surface area contributed by atoms with E-state index in [-0.39, 0.29) is 35.6 Å². The van der Waals surface area contributed by atoms with E-state index in [1.54, 1.807) is 24.3 Å². The molecule has 0 aliphatic rings. The lowest BCUT2D eigenvalue weighted by Crippen LogP contribution is -2.37. The Morgan fingerprint density at radius 2 is 1.51 bits per heavy atom. The van der Waals surface area contributed by atoms with Crippen molar-refractivity contribution in [2.24, 2.45) is 0 Å². The number of fused-ring (bicyclic) bond motifs is 1. The Bertz CT molecular complexity index is 1430. The van der Waals surface area contributed by atoms with Crippen molar-refractivity contribution in [3.8, 4) is 12.3 Å². The Morgan fingerprint density at radius 1 is 0.946 bits per heavy atom. The number of rotatable bonds is 10. The van der Waals surface area contributed by atoms with Crippen molar-refractivity contribution >= 4 is 55.7 Å². The molecule has 0 aliphatic carbocycles. The Morgan fingerprint density at radius 3 is 2.08 bits per heavy atom.